The number of rotatable bonds is 3. The standard InChI is InChI=1S/C13H16F2N2O/c1-13(4-5-16-7-13)8-17-12(18)9-2-3-10(14)11(15)6-9/h2-3,6,16H,4-5,7-8H2,1H3,(H,17,18). The molecule has 2 rings (SSSR count). The predicted octanol–water partition coefficient (Wildman–Crippen LogP) is 1.69. The van der Waals surface area contributed by atoms with Crippen molar-refractivity contribution in [3.63, 3.8) is 0 Å². The second-order valence-electron chi connectivity index (χ2n) is 5.05. The maximum Gasteiger partial charge on any atom is 0.251 e. The van der Waals surface area contributed by atoms with Crippen LogP contribution in [0.1, 0.15) is 23.7 Å². The van der Waals surface area contributed by atoms with Crippen molar-refractivity contribution >= 4 is 5.91 Å². The highest BCUT2D eigenvalue weighted by Crippen LogP contribution is 2.23. The average Bonchev–Trinajstić information content (AvgIpc) is 2.77. The van der Waals surface area contributed by atoms with Gasteiger partial charge in [0.15, 0.2) is 11.6 Å². The summed E-state index contributed by atoms with van der Waals surface area (Å²) in [7, 11) is 0. The van der Waals surface area contributed by atoms with Crippen LogP contribution in [-0.4, -0.2) is 25.5 Å². The topological polar surface area (TPSA) is 41.1 Å². The lowest BCUT2D eigenvalue weighted by Crippen LogP contribution is -2.37. The number of carbonyl (C=O) groups is 1. The van der Waals surface area contributed by atoms with Crippen molar-refractivity contribution in [2.75, 3.05) is 19.6 Å². The SMILES string of the molecule is CC1(CNC(=O)c2ccc(F)c(F)c2)CCNC1. The Morgan fingerprint density at radius 2 is 2.22 bits per heavy atom. The first-order valence-electron chi connectivity index (χ1n) is 5.94. The van der Waals surface area contributed by atoms with E-state index in [9.17, 15) is 13.6 Å². The van der Waals surface area contributed by atoms with Gasteiger partial charge in [0.25, 0.3) is 5.91 Å². The molecule has 1 aliphatic heterocycles. The van der Waals surface area contributed by atoms with Gasteiger partial charge in [-0.2, -0.15) is 0 Å². The molecule has 1 saturated heterocycles. The van der Waals surface area contributed by atoms with Crippen LogP contribution >= 0.6 is 0 Å². The van der Waals surface area contributed by atoms with Gasteiger partial charge in [0, 0.05) is 18.7 Å². The Hall–Kier alpha value is -1.49. The molecule has 0 spiro atoms. The fraction of sp³-hybridized carbons (Fsp3) is 0.462. The number of nitrogens with one attached hydrogen (secondary N) is 2. The fourth-order valence-corrected chi connectivity index (χ4v) is 2.05. The van der Waals surface area contributed by atoms with Gasteiger partial charge < -0.3 is 10.6 Å². The lowest BCUT2D eigenvalue weighted by Gasteiger charge is -2.22. The number of hydrogen-bond donors (Lipinski definition) is 2. The van der Waals surface area contributed by atoms with Crippen molar-refractivity contribution in [1.82, 2.24) is 10.6 Å². The summed E-state index contributed by atoms with van der Waals surface area (Å²) >= 11 is 0. The minimum absolute atomic E-state index is 0.0359. The maximum atomic E-state index is 13.0. The average molecular weight is 254 g/mol. The van der Waals surface area contributed by atoms with E-state index in [1.165, 1.54) is 6.07 Å². The molecule has 1 unspecified atom stereocenters. The zero-order valence-electron chi connectivity index (χ0n) is 10.2. The summed E-state index contributed by atoms with van der Waals surface area (Å²) in [6.07, 6.45) is 0.991. The van der Waals surface area contributed by atoms with Crippen molar-refractivity contribution in [3.8, 4) is 0 Å². The van der Waals surface area contributed by atoms with Gasteiger partial charge in [-0.3, -0.25) is 4.79 Å². The Kier molecular flexibility index (Phi) is 3.61. The second kappa shape index (κ2) is 5.02. The molecule has 0 saturated carbocycles. The zero-order valence-corrected chi connectivity index (χ0v) is 10.2. The van der Waals surface area contributed by atoms with Crippen molar-refractivity contribution in [1.29, 1.82) is 0 Å². The Balaban J connectivity index is 1.97. The highest BCUT2D eigenvalue weighted by molar-refractivity contribution is 5.94. The number of hydrogen-bond acceptors (Lipinski definition) is 2. The molecular formula is C13H16F2N2O. The molecule has 1 aromatic carbocycles. The number of carbonyl (C=O) groups excluding carboxylic acids is 1. The number of amides is 1. The van der Waals surface area contributed by atoms with E-state index in [2.05, 4.69) is 17.6 Å². The summed E-state index contributed by atoms with van der Waals surface area (Å²) in [5.74, 6) is -2.32. The second-order valence-corrected chi connectivity index (χ2v) is 5.05. The van der Waals surface area contributed by atoms with E-state index in [0.717, 1.165) is 31.6 Å². The molecule has 1 aliphatic rings. The van der Waals surface area contributed by atoms with Crippen molar-refractivity contribution in [2.45, 2.75) is 13.3 Å². The summed E-state index contributed by atoms with van der Waals surface area (Å²) in [6, 6.07) is 3.16. The molecule has 2 N–H and O–H groups in total. The van der Waals surface area contributed by atoms with Crippen LogP contribution in [-0.2, 0) is 0 Å². The summed E-state index contributed by atoms with van der Waals surface area (Å²) in [4.78, 5) is 11.8. The Bertz CT molecular complexity index is 456. The summed E-state index contributed by atoms with van der Waals surface area (Å²) in [5.41, 5.74) is 0.178. The summed E-state index contributed by atoms with van der Waals surface area (Å²) in [6.45, 7) is 4.40. The third-order valence-corrected chi connectivity index (χ3v) is 3.31. The molecule has 0 aliphatic carbocycles. The van der Waals surface area contributed by atoms with Crippen molar-refractivity contribution in [3.05, 3.63) is 35.4 Å². The molecule has 3 nitrogen and oxygen atoms in total. The van der Waals surface area contributed by atoms with Gasteiger partial charge in [0.05, 0.1) is 0 Å². The van der Waals surface area contributed by atoms with Gasteiger partial charge in [-0.15, -0.1) is 0 Å². The molecule has 1 aromatic rings. The fourth-order valence-electron chi connectivity index (χ4n) is 2.05. The normalized spacial score (nSPS) is 23.1. The third kappa shape index (κ3) is 2.85. The zero-order chi connectivity index (χ0) is 13.2. The predicted molar refractivity (Wildman–Crippen MR) is 64.3 cm³/mol. The van der Waals surface area contributed by atoms with E-state index in [1.807, 2.05) is 0 Å². The monoisotopic (exact) mass is 254 g/mol. The van der Waals surface area contributed by atoms with E-state index in [0.29, 0.717) is 6.54 Å². The van der Waals surface area contributed by atoms with E-state index in [4.69, 9.17) is 0 Å². The minimum Gasteiger partial charge on any atom is -0.351 e. The van der Waals surface area contributed by atoms with Gasteiger partial charge in [-0.1, -0.05) is 6.92 Å². The lowest BCUT2D eigenvalue weighted by atomic mass is 9.90. The van der Waals surface area contributed by atoms with Gasteiger partial charge >= 0.3 is 0 Å². The molecule has 0 radical (unpaired) electrons. The molecule has 0 bridgehead atoms. The van der Waals surface area contributed by atoms with E-state index in [-0.39, 0.29) is 16.9 Å². The first-order chi connectivity index (χ1) is 8.50. The van der Waals surface area contributed by atoms with Crippen molar-refractivity contribution in [2.24, 2.45) is 5.41 Å². The van der Waals surface area contributed by atoms with Gasteiger partial charge in [-0.05, 0) is 36.6 Å². The highest BCUT2D eigenvalue weighted by Gasteiger charge is 2.28. The van der Waals surface area contributed by atoms with Gasteiger partial charge in [-0.25, -0.2) is 8.78 Å². The van der Waals surface area contributed by atoms with E-state index >= 15 is 0 Å². The van der Waals surface area contributed by atoms with Crippen LogP contribution in [0.5, 0.6) is 0 Å². The molecule has 1 heterocycles. The lowest BCUT2D eigenvalue weighted by molar-refractivity contribution is 0.0936. The molecule has 18 heavy (non-hydrogen) atoms. The van der Waals surface area contributed by atoms with Crippen LogP contribution in [0.15, 0.2) is 18.2 Å². The first-order valence-corrected chi connectivity index (χ1v) is 5.94. The van der Waals surface area contributed by atoms with Crippen molar-refractivity contribution < 1.29 is 13.6 Å². The Labute approximate surface area is 105 Å². The summed E-state index contributed by atoms with van der Waals surface area (Å²) in [5, 5.41) is 5.99. The minimum atomic E-state index is -1.00. The van der Waals surface area contributed by atoms with Crippen LogP contribution in [0, 0.1) is 17.0 Å². The quantitative estimate of drug-likeness (QED) is 0.862. The molecule has 1 amide bonds. The van der Waals surface area contributed by atoms with Crippen LogP contribution in [0.25, 0.3) is 0 Å². The van der Waals surface area contributed by atoms with Gasteiger partial charge in [0.2, 0.25) is 0 Å². The molecule has 0 aromatic heterocycles. The number of benzene rings is 1. The number of halogens is 2. The van der Waals surface area contributed by atoms with Crippen LogP contribution < -0.4 is 10.6 Å². The maximum absolute atomic E-state index is 13.0. The molecular weight excluding hydrogens is 238 g/mol. The molecule has 98 valence electrons. The first kappa shape index (κ1) is 13.0. The largest absolute Gasteiger partial charge is 0.351 e. The van der Waals surface area contributed by atoms with Gasteiger partial charge in [0.1, 0.15) is 0 Å². The van der Waals surface area contributed by atoms with Crippen LogP contribution in [0.2, 0.25) is 0 Å². The molecule has 5 heteroatoms. The van der Waals surface area contributed by atoms with Crippen LogP contribution in [0.3, 0.4) is 0 Å². The van der Waals surface area contributed by atoms with E-state index in [1.54, 1.807) is 0 Å². The smallest absolute Gasteiger partial charge is 0.251 e. The highest BCUT2D eigenvalue weighted by atomic mass is 19.2. The van der Waals surface area contributed by atoms with E-state index < -0.39 is 11.6 Å². The van der Waals surface area contributed by atoms with Crippen LogP contribution in [0.4, 0.5) is 8.78 Å². The molecule has 1 fully saturated rings. The third-order valence-electron chi connectivity index (χ3n) is 3.31. The molecule has 1 atom stereocenters. The summed E-state index contributed by atoms with van der Waals surface area (Å²) < 4.78 is 25.7. The Morgan fingerprint density at radius 1 is 1.44 bits per heavy atom. The Morgan fingerprint density at radius 3 is 2.83 bits per heavy atom.